The zero-order valence-electron chi connectivity index (χ0n) is 18.0. The van der Waals surface area contributed by atoms with E-state index in [-0.39, 0.29) is 4.90 Å². The van der Waals surface area contributed by atoms with Crippen molar-refractivity contribution < 1.29 is 22.7 Å². The van der Waals surface area contributed by atoms with Gasteiger partial charge in [-0.25, -0.2) is 13.8 Å². The molecule has 3 aromatic carbocycles. The molecule has 0 fully saturated rings. The monoisotopic (exact) mass is 465 g/mol. The summed E-state index contributed by atoms with van der Waals surface area (Å²) in [4.78, 5) is 12.8. The number of anilines is 1. The second kappa shape index (κ2) is 9.74. The number of hydrogen-bond acceptors (Lipinski definition) is 6. The molecule has 9 heteroatoms. The van der Waals surface area contributed by atoms with E-state index in [4.69, 9.17) is 9.47 Å². The predicted octanol–water partition coefficient (Wildman–Crippen LogP) is 3.11. The first-order valence-electron chi connectivity index (χ1n) is 10.3. The number of carbonyl (C=O) groups is 1. The second-order valence-electron chi connectivity index (χ2n) is 7.28. The van der Waals surface area contributed by atoms with Crippen LogP contribution in [0.15, 0.2) is 82.8 Å². The van der Waals surface area contributed by atoms with Crippen molar-refractivity contribution in [1.82, 2.24) is 5.43 Å². The molecule has 0 saturated carbocycles. The number of nitrogens with one attached hydrogen (secondary N) is 1. The summed E-state index contributed by atoms with van der Waals surface area (Å²) in [6.07, 6.45) is 1.44. The summed E-state index contributed by atoms with van der Waals surface area (Å²) in [5.74, 6) is 0.571. The Balaban J connectivity index is 1.55. The Kier molecular flexibility index (Phi) is 6.60. The topological polar surface area (TPSA) is 97.3 Å². The number of sulfonamides is 1. The minimum absolute atomic E-state index is 0.0950. The lowest BCUT2D eigenvalue weighted by Gasteiger charge is -2.25. The van der Waals surface area contributed by atoms with Gasteiger partial charge in [-0.2, -0.15) is 5.10 Å². The third-order valence-electron chi connectivity index (χ3n) is 4.99. The third-order valence-corrected chi connectivity index (χ3v) is 6.77. The SMILES string of the molecule is Cc1ccccc1N(CC(=O)N/N=C\c1cccc2c1OCCO2)S(=O)(=O)c1ccccc1. The molecule has 1 aliphatic rings. The molecule has 0 atom stereocenters. The van der Waals surface area contributed by atoms with Gasteiger partial charge in [-0.15, -0.1) is 0 Å². The summed E-state index contributed by atoms with van der Waals surface area (Å²) >= 11 is 0. The van der Waals surface area contributed by atoms with E-state index in [9.17, 15) is 13.2 Å². The van der Waals surface area contributed by atoms with Gasteiger partial charge in [-0.1, -0.05) is 42.5 Å². The van der Waals surface area contributed by atoms with E-state index in [0.29, 0.717) is 36.0 Å². The zero-order valence-corrected chi connectivity index (χ0v) is 18.8. The summed E-state index contributed by atoms with van der Waals surface area (Å²) in [7, 11) is -3.98. The molecule has 170 valence electrons. The van der Waals surface area contributed by atoms with Crippen LogP contribution in [-0.4, -0.2) is 40.3 Å². The molecule has 0 aliphatic carbocycles. The zero-order chi connectivity index (χ0) is 23.3. The van der Waals surface area contributed by atoms with Gasteiger partial charge in [0.2, 0.25) is 0 Å². The van der Waals surface area contributed by atoms with Crippen LogP contribution in [0.4, 0.5) is 5.69 Å². The van der Waals surface area contributed by atoms with Gasteiger partial charge in [0, 0.05) is 5.56 Å². The maximum absolute atomic E-state index is 13.4. The van der Waals surface area contributed by atoms with E-state index >= 15 is 0 Å². The van der Waals surface area contributed by atoms with Crippen molar-refractivity contribution in [3.63, 3.8) is 0 Å². The highest BCUT2D eigenvalue weighted by atomic mass is 32.2. The largest absolute Gasteiger partial charge is 0.486 e. The lowest BCUT2D eigenvalue weighted by Crippen LogP contribution is -2.40. The number of hydrogen-bond donors (Lipinski definition) is 1. The molecule has 0 unspecified atom stereocenters. The van der Waals surface area contributed by atoms with Crippen molar-refractivity contribution in [1.29, 1.82) is 0 Å². The van der Waals surface area contributed by atoms with Gasteiger partial charge < -0.3 is 9.47 Å². The Morgan fingerprint density at radius 2 is 1.73 bits per heavy atom. The normalized spacial score (nSPS) is 13.0. The van der Waals surface area contributed by atoms with Crippen molar-refractivity contribution in [3.05, 3.63) is 83.9 Å². The molecule has 1 aliphatic heterocycles. The van der Waals surface area contributed by atoms with Crippen LogP contribution in [0, 0.1) is 6.92 Å². The van der Waals surface area contributed by atoms with Crippen molar-refractivity contribution in [2.24, 2.45) is 5.10 Å². The summed E-state index contributed by atoms with van der Waals surface area (Å²) < 4.78 is 39.0. The first-order chi connectivity index (χ1) is 16.0. The van der Waals surface area contributed by atoms with Crippen LogP contribution in [0.25, 0.3) is 0 Å². The minimum Gasteiger partial charge on any atom is -0.486 e. The molecule has 33 heavy (non-hydrogen) atoms. The van der Waals surface area contributed by atoms with Crippen LogP contribution in [0.1, 0.15) is 11.1 Å². The average Bonchev–Trinajstić information content (AvgIpc) is 2.84. The van der Waals surface area contributed by atoms with E-state index in [1.54, 1.807) is 61.5 Å². The molecule has 1 heterocycles. The van der Waals surface area contributed by atoms with Crippen molar-refractivity contribution in [2.75, 3.05) is 24.1 Å². The van der Waals surface area contributed by atoms with Gasteiger partial charge in [0.25, 0.3) is 15.9 Å². The summed E-state index contributed by atoms with van der Waals surface area (Å²) in [6, 6.07) is 20.4. The number of rotatable bonds is 7. The average molecular weight is 466 g/mol. The Bertz CT molecular complexity index is 1280. The van der Waals surface area contributed by atoms with Crippen molar-refractivity contribution >= 4 is 27.8 Å². The Labute approximate surface area is 192 Å². The molecular weight excluding hydrogens is 442 g/mol. The number of para-hydroxylation sites is 2. The highest BCUT2D eigenvalue weighted by molar-refractivity contribution is 7.92. The number of carbonyl (C=O) groups excluding carboxylic acids is 1. The second-order valence-corrected chi connectivity index (χ2v) is 9.14. The minimum atomic E-state index is -3.98. The predicted molar refractivity (Wildman–Crippen MR) is 125 cm³/mol. The fourth-order valence-corrected chi connectivity index (χ4v) is 4.91. The first-order valence-corrected chi connectivity index (χ1v) is 11.7. The molecule has 8 nitrogen and oxygen atoms in total. The van der Waals surface area contributed by atoms with Crippen LogP contribution < -0.4 is 19.2 Å². The van der Waals surface area contributed by atoms with E-state index in [1.165, 1.54) is 18.3 Å². The number of aryl methyl sites for hydroxylation is 1. The van der Waals surface area contributed by atoms with Crippen LogP contribution >= 0.6 is 0 Å². The Morgan fingerprint density at radius 3 is 2.52 bits per heavy atom. The summed E-state index contributed by atoms with van der Waals surface area (Å²) in [5.41, 5.74) is 4.19. The number of amides is 1. The van der Waals surface area contributed by atoms with Crippen LogP contribution in [-0.2, 0) is 14.8 Å². The van der Waals surface area contributed by atoms with E-state index < -0.39 is 22.5 Å². The maximum atomic E-state index is 13.4. The number of nitrogens with zero attached hydrogens (tertiary/aromatic N) is 2. The Morgan fingerprint density at radius 1 is 1.00 bits per heavy atom. The van der Waals surface area contributed by atoms with E-state index in [1.807, 2.05) is 6.07 Å². The van der Waals surface area contributed by atoms with Gasteiger partial charge in [-0.05, 0) is 42.8 Å². The smallest absolute Gasteiger partial charge is 0.264 e. The number of hydrazone groups is 1. The molecule has 1 N–H and O–H groups in total. The lowest BCUT2D eigenvalue weighted by atomic mass is 10.2. The molecule has 1 amide bonds. The fourth-order valence-electron chi connectivity index (χ4n) is 3.40. The van der Waals surface area contributed by atoms with Crippen molar-refractivity contribution in [3.8, 4) is 11.5 Å². The molecule has 0 aromatic heterocycles. The van der Waals surface area contributed by atoms with Gasteiger partial charge >= 0.3 is 0 Å². The third kappa shape index (κ3) is 4.98. The maximum Gasteiger partial charge on any atom is 0.264 e. The van der Waals surface area contributed by atoms with Crippen LogP contribution in [0.5, 0.6) is 11.5 Å². The van der Waals surface area contributed by atoms with E-state index in [0.717, 1.165) is 9.87 Å². The van der Waals surface area contributed by atoms with Crippen LogP contribution in [0.2, 0.25) is 0 Å². The number of benzene rings is 3. The quantitative estimate of drug-likeness (QED) is 0.427. The van der Waals surface area contributed by atoms with Gasteiger partial charge in [0.1, 0.15) is 19.8 Å². The summed E-state index contributed by atoms with van der Waals surface area (Å²) in [5, 5.41) is 3.99. The molecule has 0 radical (unpaired) electrons. The van der Waals surface area contributed by atoms with Crippen LogP contribution in [0.3, 0.4) is 0 Å². The molecule has 4 rings (SSSR count). The van der Waals surface area contributed by atoms with Gasteiger partial charge in [-0.3, -0.25) is 9.10 Å². The molecule has 0 spiro atoms. The Hall–Kier alpha value is -3.85. The van der Waals surface area contributed by atoms with Gasteiger partial charge in [0.05, 0.1) is 16.8 Å². The summed E-state index contributed by atoms with van der Waals surface area (Å²) in [6.45, 7) is 2.24. The standard InChI is InChI=1S/C24H23N3O5S/c1-18-8-5-6-12-21(18)27(33(29,30)20-10-3-2-4-11-20)17-23(28)26-25-16-19-9-7-13-22-24(19)32-15-14-31-22/h2-13,16H,14-15,17H2,1H3,(H,26,28)/b25-16-. The van der Waals surface area contributed by atoms with E-state index in [2.05, 4.69) is 10.5 Å². The highest BCUT2D eigenvalue weighted by Gasteiger charge is 2.28. The first kappa shape index (κ1) is 22.3. The molecule has 0 bridgehead atoms. The molecule has 3 aromatic rings. The van der Waals surface area contributed by atoms with Crippen molar-refractivity contribution in [2.45, 2.75) is 11.8 Å². The number of ether oxygens (including phenoxy) is 2. The van der Waals surface area contributed by atoms with Gasteiger partial charge in [0.15, 0.2) is 11.5 Å². The molecular formula is C24H23N3O5S. The molecule has 0 saturated heterocycles. The lowest BCUT2D eigenvalue weighted by molar-refractivity contribution is -0.119. The highest BCUT2D eigenvalue weighted by Crippen LogP contribution is 2.32. The fraction of sp³-hybridized carbons (Fsp3) is 0.167. The number of fused-ring (bicyclic) bond motifs is 1.